The predicted molar refractivity (Wildman–Crippen MR) is 115 cm³/mol. The van der Waals surface area contributed by atoms with Crippen molar-refractivity contribution in [3.63, 3.8) is 0 Å². The highest BCUT2D eigenvalue weighted by Crippen LogP contribution is 2.21. The van der Waals surface area contributed by atoms with E-state index in [-0.39, 0.29) is 12.5 Å². The van der Waals surface area contributed by atoms with Crippen molar-refractivity contribution in [3.8, 4) is 0 Å². The molecule has 0 saturated carbocycles. The molecule has 1 aliphatic rings. The topological polar surface area (TPSA) is 60.5 Å². The Labute approximate surface area is 165 Å². The number of fused-ring (bicyclic) bond motifs is 1. The Morgan fingerprint density at radius 3 is 2.54 bits per heavy atom. The lowest BCUT2D eigenvalue weighted by Crippen LogP contribution is -2.44. The molecule has 2 N–H and O–H groups in total. The summed E-state index contributed by atoms with van der Waals surface area (Å²) in [5.41, 5.74) is 3.69. The molecule has 1 fully saturated rings. The molecule has 0 unspecified atom stereocenters. The second kappa shape index (κ2) is 8.27. The zero-order valence-electron chi connectivity index (χ0n) is 16.1. The minimum atomic E-state index is -0.0960. The van der Waals surface area contributed by atoms with E-state index in [0.29, 0.717) is 0 Å². The van der Waals surface area contributed by atoms with Gasteiger partial charge in [-0.25, -0.2) is 0 Å². The van der Waals surface area contributed by atoms with E-state index in [1.807, 2.05) is 42.5 Å². The molecule has 0 atom stereocenters. The fourth-order valence-corrected chi connectivity index (χ4v) is 3.44. The number of carbonyl (C=O) groups is 1. The van der Waals surface area contributed by atoms with Crippen LogP contribution in [0.5, 0.6) is 0 Å². The fourth-order valence-electron chi connectivity index (χ4n) is 3.44. The Hall–Kier alpha value is -3.12. The number of amides is 1. The molecule has 0 aliphatic carbocycles. The van der Waals surface area contributed by atoms with Gasteiger partial charge in [0, 0.05) is 49.1 Å². The summed E-state index contributed by atoms with van der Waals surface area (Å²) in [6.07, 6.45) is 1.73. The van der Waals surface area contributed by atoms with Crippen LogP contribution >= 0.6 is 0 Å². The number of para-hydroxylation sites is 1. The van der Waals surface area contributed by atoms with Gasteiger partial charge in [0.25, 0.3) is 0 Å². The molecule has 2 aromatic carbocycles. The van der Waals surface area contributed by atoms with Crippen LogP contribution in [0.2, 0.25) is 0 Å². The summed E-state index contributed by atoms with van der Waals surface area (Å²) in [5.74, 6) is -0.0960. The first kappa shape index (κ1) is 18.3. The molecule has 4 rings (SSSR count). The SMILES string of the molecule is CN1CCN(c2ccc(NCC(=O)Nc3cccc4cccnc34)cc2)CC1. The summed E-state index contributed by atoms with van der Waals surface area (Å²) in [5, 5.41) is 7.14. The van der Waals surface area contributed by atoms with E-state index < -0.39 is 0 Å². The average molecular weight is 375 g/mol. The minimum Gasteiger partial charge on any atom is -0.376 e. The maximum atomic E-state index is 12.4. The summed E-state index contributed by atoms with van der Waals surface area (Å²) in [6, 6.07) is 17.9. The van der Waals surface area contributed by atoms with E-state index in [1.165, 1.54) is 5.69 Å². The maximum Gasteiger partial charge on any atom is 0.243 e. The minimum absolute atomic E-state index is 0.0960. The molecule has 0 radical (unpaired) electrons. The van der Waals surface area contributed by atoms with Crippen LogP contribution in [0.15, 0.2) is 60.8 Å². The van der Waals surface area contributed by atoms with E-state index in [0.717, 1.165) is 48.5 Å². The molecule has 1 aromatic heterocycles. The van der Waals surface area contributed by atoms with E-state index in [9.17, 15) is 4.79 Å². The molecule has 0 bridgehead atoms. The number of nitrogens with one attached hydrogen (secondary N) is 2. The summed E-state index contributed by atoms with van der Waals surface area (Å²) in [7, 11) is 2.16. The maximum absolute atomic E-state index is 12.4. The number of anilines is 3. The molecule has 1 aliphatic heterocycles. The van der Waals surface area contributed by atoms with Gasteiger partial charge in [0.1, 0.15) is 0 Å². The molecule has 144 valence electrons. The number of hydrogen-bond acceptors (Lipinski definition) is 5. The zero-order valence-corrected chi connectivity index (χ0v) is 16.1. The van der Waals surface area contributed by atoms with Crippen molar-refractivity contribution in [2.45, 2.75) is 0 Å². The van der Waals surface area contributed by atoms with Crippen LogP contribution in [-0.2, 0) is 4.79 Å². The largest absolute Gasteiger partial charge is 0.376 e. The lowest BCUT2D eigenvalue weighted by Gasteiger charge is -2.34. The van der Waals surface area contributed by atoms with Crippen molar-refractivity contribution < 1.29 is 4.79 Å². The quantitative estimate of drug-likeness (QED) is 0.718. The molecule has 3 aromatic rings. The first-order chi connectivity index (χ1) is 13.7. The van der Waals surface area contributed by atoms with Gasteiger partial charge in [-0.3, -0.25) is 9.78 Å². The van der Waals surface area contributed by atoms with Crippen LogP contribution in [0, 0.1) is 0 Å². The van der Waals surface area contributed by atoms with E-state index in [2.05, 4.69) is 44.6 Å². The molecular formula is C22H25N5O. The first-order valence-electron chi connectivity index (χ1n) is 9.60. The number of piperazine rings is 1. The summed E-state index contributed by atoms with van der Waals surface area (Å²) in [4.78, 5) is 21.5. The van der Waals surface area contributed by atoms with Gasteiger partial charge in [-0.15, -0.1) is 0 Å². The Morgan fingerprint density at radius 1 is 1.00 bits per heavy atom. The molecule has 6 heteroatoms. The van der Waals surface area contributed by atoms with E-state index in [1.54, 1.807) is 6.20 Å². The third-order valence-corrected chi connectivity index (χ3v) is 5.10. The number of rotatable bonds is 5. The molecule has 0 spiro atoms. The normalized spacial score (nSPS) is 14.8. The summed E-state index contributed by atoms with van der Waals surface area (Å²) >= 11 is 0. The van der Waals surface area contributed by atoms with Crippen molar-refractivity contribution in [1.82, 2.24) is 9.88 Å². The van der Waals surface area contributed by atoms with Crippen LogP contribution in [0.25, 0.3) is 10.9 Å². The Balaban J connectivity index is 1.33. The van der Waals surface area contributed by atoms with Crippen LogP contribution in [0.1, 0.15) is 0 Å². The van der Waals surface area contributed by atoms with Crippen LogP contribution in [0.3, 0.4) is 0 Å². The highest BCUT2D eigenvalue weighted by atomic mass is 16.1. The lowest BCUT2D eigenvalue weighted by molar-refractivity contribution is -0.114. The van der Waals surface area contributed by atoms with Gasteiger partial charge in [0.05, 0.1) is 17.7 Å². The first-order valence-corrected chi connectivity index (χ1v) is 9.60. The Bertz CT molecular complexity index is 943. The van der Waals surface area contributed by atoms with Crippen molar-refractivity contribution in [2.75, 3.05) is 55.3 Å². The second-order valence-corrected chi connectivity index (χ2v) is 7.12. The Morgan fingerprint density at radius 2 is 1.75 bits per heavy atom. The van der Waals surface area contributed by atoms with Crippen LogP contribution in [0.4, 0.5) is 17.1 Å². The Kier molecular flexibility index (Phi) is 5.39. The van der Waals surface area contributed by atoms with Crippen LogP contribution in [-0.4, -0.2) is 55.6 Å². The molecule has 1 saturated heterocycles. The second-order valence-electron chi connectivity index (χ2n) is 7.12. The van der Waals surface area contributed by atoms with Crippen molar-refractivity contribution in [2.24, 2.45) is 0 Å². The van der Waals surface area contributed by atoms with Gasteiger partial charge in [-0.05, 0) is 43.4 Å². The van der Waals surface area contributed by atoms with Gasteiger partial charge in [0.15, 0.2) is 0 Å². The molecule has 28 heavy (non-hydrogen) atoms. The van der Waals surface area contributed by atoms with Gasteiger partial charge in [-0.1, -0.05) is 18.2 Å². The third kappa shape index (κ3) is 4.23. The van der Waals surface area contributed by atoms with Gasteiger partial charge < -0.3 is 20.4 Å². The number of likely N-dealkylation sites (N-methyl/N-ethyl adjacent to an activating group) is 1. The number of benzene rings is 2. The highest BCUT2D eigenvalue weighted by molar-refractivity contribution is 6.01. The van der Waals surface area contributed by atoms with Gasteiger partial charge >= 0.3 is 0 Å². The van der Waals surface area contributed by atoms with Crippen molar-refractivity contribution >= 4 is 33.9 Å². The molecule has 6 nitrogen and oxygen atoms in total. The van der Waals surface area contributed by atoms with Crippen molar-refractivity contribution in [3.05, 3.63) is 60.8 Å². The predicted octanol–water partition coefficient (Wildman–Crippen LogP) is 3.04. The lowest BCUT2D eigenvalue weighted by atomic mass is 10.2. The third-order valence-electron chi connectivity index (χ3n) is 5.10. The molecule has 1 amide bonds. The van der Waals surface area contributed by atoms with E-state index in [4.69, 9.17) is 0 Å². The highest BCUT2D eigenvalue weighted by Gasteiger charge is 2.14. The number of carbonyl (C=O) groups excluding carboxylic acids is 1. The molecular weight excluding hydrogens is 350 g/mol. The summed E-state index contributed by atoms with van der Waals surface area (Å²) < 4.78 is 0. The summed E-state index contributed by atoms with van der Waals surface area (Å²) in [6.45, 7) is 4.47. The average Bonchev–Trinajstić information content (AvgIpc) is 2.74. The molecule has 2 heterocycles. The van der Waals surface area contributed by atoms with Crippen molar-refractivity contribution in [1.29, 1.82) is 0 Å². The van der Waals surface area contributed by atoms with Gasteiger partial charge in [0.2, 0.25) is 5.91 Å². The number of pyridine rings is 1. The van der Waals surface area contributed by atoms with Crippen LogP contribution < -0.4 is 15.5 Å². The number of hydrogen-bond donors (Lipinski definition) is 2. The van der Waals surface area contributed by atoms with Gasteiger partial charge in [-0.2, -0.15) is 0 Å². The standard InChI is InChI=1S/C22H25N5O/c1-26-12-14-27(15-13-26)19-9-7-18(8-10-19)24-16-21(28)25-20-6-2-4-17-5-3-11-23-22(17)20/h2-11,24H,12-16H2,1H3,(H,25,28). The number of aromatic nitrogens is 1. The smallest absolute Gasteiger partial charge is 0.243 e. The fraction of sp³-hybridized carbons (Fsp3) is 0.273. The van der Waals surface area contributed by atoms with E-state index >= 15 is 0 Å². The number of nitrogens with zero attached hydrogens (tertiary/aromatic N) is 3. The zero-order chi connectivity index (χ0) is 19.3. The monoisotopic (exact) mass is 375 g/mol.